The standard InChI is InChI=1S/C16H14Br2ClNO/c1-10(11-3-5-15(19)6-4-11)20(2)16(21)12-7-13(17)9-14(18)8-12/h3-10H,1-2H3. The second-order valence-electron chi connectivity index (χ2n) is 4.80. The van der Waals surface area contributed by atoms with Gasteiger partial charge in [-0.05, 0) is 42.8 Å². The van der Waals surface area contributed by atoms with E-state index < -0.39 is 0 Å². The van der Waals surface area contributed by atoms with Crippen molar-refractivity contribution in [1.82, 2.24) is 4.90 Å². The van der Waals surface area contributed by atoms with Crippen LogP contribution in [0.5, 0.6) is 0 Å². The van der Waals surface area contributed by atoms with E-state index in [1.165, 1.54) is 0 Å². The molecule has 0 saturated heterocycles. The minimum atomic E-state index is -0.0347. The van der Waals surface area contributed by atoms with Crippen LogP contribution < -0.4 is 0 Å². The maximum Gasteiger partial charge on any atom is 0.254 e. The fraction of sp³-hybridized carbons (Fsp3) is 0.188. The molecule has 21 heavy (non-hydrogen) atoms. The van der Waals surface area contributed by atoms with Crippen molar-refractivity contribution in [1.29, 1.82) is 0 Å². The molecule has 0 aliphatic heterocycles. The highest BCUT2D eigenvalue weighted by atomic mass is 79.9. The lowest BCUT2D eigenvalue weighted by molar-refractivity contribution is 0.0742. The molecule has 110 valence electrons. The highest BCUT2D eigenvalue weighted by molar-refractivity contribution is 9.11. The van der Waals surface area contributed by atoms with E-state index in [4.69, 9.17) is 11.6 Å². The Balaban J connectivity index is 2.23. The summed E-state index contributed by atoms with van der Waals surface area (Å²) in [5.74, 6) is -0.0283. The second kappa shape index (κ2) is 6.95. The lowest BCUT2D eigenvalue weighted by Crippen LogP contribution is -2.29. The third-order valence-corrected chi connectivity index (χ3v) is 4.53. The van der Waals surface area contributed by atoms with Crippen molar-refractivity contribution in [2.24, 2.45) is 0 Å². The van der Waals surface area contributed by atoms with E-state index in [1.54, 1.807) is 11.9 Å². The molecule has 1 amide bonds. The third-order valence-electron chi connectivity index (χ3n) is 3.36. The average Bonchev–Trinajstić information content (AvgIpc) is 2.44. The molecule has 1 atom stereocenters. The van der Waals surface area contributed by atoms with Crippen molar-refractivity contribution in [3.63, 3.8) is 0 Å². The molecule has 5 heteroatoms. The van der Waals surface area contributed by atoms with Crippen LogP contribution >= 0.6 is 43.5 Å². The van der Waals surface area contributed by atoms with Crippen molar-refractivity contribution >= 4 is 49.4 Å². The number of halogens is 3. The smallest absolute Gasteiger partial charge is 0.254 e. The van der Waals surface area contributed by atoms with Crippen LogP contribution in [0, 0.1) is 0 Å². The van der Waals surface area contributed by atoms with Crippen LogP contribution in [0.1, 0.15) is 28.9 Å². The van der Waals surface area contributed by atoms with Gasteiger partial charge in [0.25, 0.3) is 5.91 Å². The van der Waals surface area contributed by atoms with E-state index in [2.05, 4.69) is 31.9 Å². The molecule has 2 rings (SSSR count). The van der Waals surface area contributed by atoms with Crippen LogP contribution in [0.2, 0.25) is 5.02 Å². The first-order valence-corrected chi connectivity index (χ1v) is 8.33. The van der Waals surface area contributed by atoms with Gasteiger partial charge in [-0.1, -0.05) is 55.6 Å². The lowest BCUT2D eigenvalue weighted by Gasteiger charge is -2.25. The number of amides is 1. The number of benzene rings is 2. The van der Waals surface area contributed by atoms with Gasteiger partial charge in [-0.3, -0.25) is 4.79 Å². The number of hydrogen-bond donors (Lipinski definition) is 0. The largest absolute Gasteiger partial charge is 0.335 e. The van der Waals surface area contributed by atoms with Gasteiger partial charge in [0, 0.05) is 26.6 Å². The predicted molar refractivity (Wildman–Crippen MR) is 93.8 cm³/mol. The zero-order valence-corrected chi connectivity index (χ0v) is 15.5. The van der Waals surface area contributed by atoms with Gasteiger partial charge >= 0.3 is 0 Å². The second-order valence-corrected chi connectivity index (χ2v) is 7.07. The van der Waals surface area contributed by atoms with Crippen LogP contribution in [-0.4, -0.2) is 17.9 Å². The predicted octanol–water partition coefficient (Wildman–Crippen LogP) is 5.70. The summed E-state index contributed by atoms with van der Waals surface area (Å²) in [6, 6.07) is 13.0. The molecule has 0 bridgehead atoms. The molecule has 1 unspecified atom stereocenters. The van der Waals surface area contributed by atoms with Gasteiger partial charge in [0.15, 0.2) is 0 Å². The molecule has 0 N–H and O–H groups in total. The molecule has 0 radical (unpaired) electrons. The summed E-state index contributed by atoms with van der Waals surface area (Å²) in [7, 11) is 1.80. The van der Waals surface area contributed by atoms with Crippen molar-refractivity contribution < 1.29 is 4.79 Å². The van der Waals surface area contributed by atoms with Crippen molar-refractivity contribution in [2.45, 2.75) is 13.0 Å². The molecule has 0 saturated carbocycles. The van der Waals surface area contributed by atoms with Gasteiger partial charge in [-0.25, -0.2) is 0 Å². The Morgan fingerprint density at radius 1 is 1.10 bits per heavy atom. The number of carbonyl (C=O) groups is 1. The summed E-state index contributed by atoms with van der Waals surface area (Å²) in [6.45, 7) is 1.99. The number of carbonyl (C=O) groups excluding carboxylic acids is 1. The zero-order chi connectivity index (χ0) is 15.6. The highest BCUT2D eigenvalue weighted by Crippen LogP contribution is 2.25. The van der Waals surface area contributed by atoms with Gasteiger partial charge in [0.2, 0.25) is 0 Å². The molecule has 0 aromatic heterocycles. The Morgan fingerprint density at radius 3 is 2.14 bits per heavy atom. The monoisotopic (exact) mass is 429 g/mol. The van der Waals surface area contributed by atoms with E-state index in [-0.39, 0.29) is 11.9 Å². The summed E-state index contributed by atoms with van der Waals surface area (Å²) < 4.78 is 1.74. The van der Waals surface area contributed by atoms with Crippen LogP contribution in [0.25, 0.3) is 0 Å². The van der Waals surface area contributed by atoms with Gasteiger partial charge in [-0.2, -0.15) is 0 Å². The first kappa shape index (κ1) is 16.5. The van der Waals surface area contributed by atoms with Crippen LogP contribution in [-0.2, 0) is 0 Å². The number of hydrogen-bond acceptors (Lipinski definition) is 1. The van der Waals surface area contributed by atoms with Gasteiger partial charge in [-0.15, -0.1) is 0 Å². The van der Waals surface area contributed by atoms with E-state index >= 15 is 0 Å². The van der Waals surface area contributed by atoms with Crippen molar-refractivity contribution in [3.05, 3.63) is 67.6 Å². The molecule has 0 aliphatic carbocycles. The Kier molecular flexibility index (Phi) is 5.47. The van der Waals surface area contributed by atoms with Crippen molar-refractivity contribution in [2.75, 3.05) is 7.05 Å². The van der Waals surface area contributed by atoms with Crippen LogP contribution in [0.3, 0.4) is 0 Å². The SMILES string of the molecule is CC(c1ccc(Cl)cc1)N(C)C(=O)c1cc(Br)cc(Br)c1. The Hall–Kier alpha value is -0.840. The highest BCUT2D eigenvalue weighted by Gasteiger charge is 2.19. The molecular formula is C16H14Br2ClNO. The van der Waals surface area contributed by atoms with Crippen molar-refractivity contribution in [3.8, 4) is 0 Å². The van der Waals surface area contributed by atoms with E-state index in [0.29, 0.717) is 10.6 Å². The van der Waals surface area contributed by atoms with Gasteiger partial charge in [0.05, 0.1) is 6.04 Å². The lowest BCUT2D eigenvalue weighted by atomic mass is 10.1. The molecular weight excluding hydrogens is 417 g/mol. The van der Waals surface area contributed by atoms with E-state index in [1.807, 2.05) is 49.4 Å². The maximum atomic E-state index is 12.6. The third kappa shape index (κ3) is 4.09. The fourth-order valence-corrected chi connectivity index (χ4v) is 3.44. The zero-order valence-electron chi connectivity index (χ0n) is 11.6. The normalized spacial score (nSPS) is 12.0. The van der Waals surface area contributed by atoms with Crippen LogP contribution in [0.15, 0.2) is 51.4 Å². The molecule has 0 aliphatic rings. The summed E-state index contributed by atoms with van der Waals surface area (Å²) in [5, 5.41) is 0.691. The molecule has 0 spiro atoms. The summed E-state index contributed by atoms with van der Waals surface area (Å²) in [4.78, 5) is 14.3. The Morgan fingerprint density at radius 2 is 1.62 bits per heavy atom. The summed E-state index contributed by atoms with van der Waals surface area (Å²) in [6.07, 6.45) is 0. The first-order valence-electron chi connectivity index (χ1n) is 6.37. The minimum absolute atomic E-state index is 0.0283. The van der Waals surface area contributed by atoms with Gasteiger partial charge in [0.1, 0.15) is 0 Å². The molecule has 0 heterocycles. The number of rotatable bonds is 3. The van der Waals surface area contributed by atoms with E-state index in [9.17, 15) is 4.79 Å². The number of nitrogens with zero attached hydrogens (tertiary/aromatic N) is 1. The first-order chi connectivity index (χ1) is 9.88. The summed E-state index contributed by atoms with van der Waals surface area (Å²) in [5.41, 5.74) is 1.68. The van der Waals surface area contributed by atoms with E-state index in [0.717, 1.165) is 14.5 Å². The average molecular weight is 432 g/mol. The van der Waals surface area contributed by atoms with Gasteiger partial charge < -0.3 is 4.90 Å². The van der Waals surface area contributed by atoms with Crippen LogP contribution in [0.4, 0.5) is 0 Å². The maximum absolute atomic E-state index is 12.6. The topological polar surface area (TPSA) is 20.3 Å². The minimum Gasteiger partial charge on any atom is -0.335 e. The molecule has 2 aromatic rings. The molecule has 0 fully saturated rings. The fourth-order valence-electron chi connectivity index (χ4n) is 2.02. The summed E-state index contributed by atoms with van der Waals surface area (Å²) >= 11 is 12.7. The molecule has 2 aromatic carbocycles. The Labute approximate surface area is 146 Å². The Bertz CT molecular complexity index is 638. The molecule has 2 nitrogen and oxygen atoms in total. The quantitative estimate of drug-likeness (QED) is 0.611.